The Morgan fingerprint density at radius 3 is 2.46 bits per heavy atom. The molecule has 3 heterocycles. The summed E-state index contributed by atoms with van der Waals surface area (Å²) < 4.78 is 16.5. The van der Waals surface area contributed by atoms with Crippen LogP contribution in [0.1, 0.15) is 63.0 Å². The first kappa shape index (κ1) is 31.3. The number of aromatic nitrogens is 4. The van der Waals surface area contributed by atoms with Crippen molar-refractivity contribution in [2.45, 2.75) is 37.6 Å². The molecule has 12 heteroatoms. The number of fused-ring (bicyclic) bond motifs is 1. The second kappa shape index (κ2) is 13.3. The minimum absolute atomic E-state index is 0.00230. The highest BCUT2D eigenvalue weighted by Crippen LogP contribution is 2.39. The molecule has 2 aliphatic heterocycles. The highest BCUT2D eigenvalue weighted by atomic mass is 35.5. The molecule has 1 fully saturated rings. The van der Waals surface area contributed by atoms with Gasteiger partial charge in [-0.25, -0.2) is 9.18 Å². The van der Waals surface area contributed by atoms with E-state index in [0.717, 1.165) is 37.1 Å². The summed E-state index contributed by atoms with van der Waals surface area (Å²) in [6.07, 6.45) is 6.50. The monoisotopic (exact) mass is 642 g/mol. The maximum Gasteiger partial charge on any atom is 0.335 e. The molecule has 0 unspecified atom stereocenters. The van der Waals surface area contributed by atoms with Gasteiger partial charge in [-0.2, -0.15) is 4.68 Å². The number of carboxylic acids is 1. The molecule has 0 aliphatic carbocycles. The Balaban J connectivity index is 1.35. The van der Waals surface area contributed by atoms with E-state index in [9.17, 15) is 19.5 Å². The van der Waals surface area contributed by atoms with Crippen LogP contribution in [0.3, 0.4) is 0 Å². The molecule has 1 atom stereocenters. The fourth-order valence-electron chi connectivity index (χ4n) is 6.48. The van der Waals surface area contributed by atoms with E-state index in [1.165, 1.54) is 51.8 Å². The normalized spacial score (nSPS) is 17.3. The first-order chi connectivity index (χ1) is 22.2. The average Bonchev–Trinajstić information content (AvgIpc) is 3.60. The number of benzene rings is 3. The van der Waals surface area contributed by atoms with Gasteiger partial charge in [-0.15, -0.1) is 5.10 Å². The molecule has 46 heavy (non-hydrogen) atoms. The molecule has 3 aromatic carbocycles. The SMILES string of the molecule is CN1CCC(c2cccc3c2CCN(C(=O)/C=C/c2c(-n4cnnn4)ccc(Cl)c2F)[C@H]3C(=O)Cc2ccc(C(=O)O)cc2)CC1. The summed E-state index contributed by atoms with van der Waals surface area (Å²) >= 11 is 6.08. The number of amides is 1. The Labute approximate surface area is 270 Å². The smallest absolute Gasteiger partial charge is 0.335 e. The van der Waals surface area contributed by atoms with Gasteiger partial charge in [0.2, 0.25) is 5.91 Å². The van der Waals surface area contributed by atoms with Crippen LogP contribution in [0.25, 0.3) is 11.8 Å². The molecule has 1 N–H and O–H groups in total. The van der Waals surface area contributed by atoms with Crippen molar-refractivity contribution in [1.82, 2.24) is 30.0 Å². The Morgan fingerprint density at radius 1 is 1.02 bits per heavy atom. The number of nitrogens with zero attached hydrogens (tertiary/aromatic N) is 6. The molecule has 1 amide bonds. The number of piperidine rings is 1. The molecule has 10 nitrogen and oxygen atoms in total. The lowest BCUT2D eigenvalue weighted by atomic mass is 9.79. The van der Waals surface area contributed by atoms with Crippen LogP contribution in [0.4, 0.5) is 4.39 Å². The van der Waals surface area contributed by atoms with Crippen LogP contribution >= 0.6 is 11.6 Å². The standard InChI is InChI=1S/C34H32ClFN6O4/c1-40-16-13-22(14-17-40)24-3-2-4-26-25(24)15-18-41(33(26)30(43)19-21-5-7-23(8-6-21)34(45)46)31(44)12-9-27-29(42-20-37-38-39-42)11-10-28(35)32(27)36/h2-12,20,22,33H,13-19H2,1H3,(H,45,46)/b12-9+/t33-/m1/s1. The topological polar surface area (TPSA) is 122 Å². The number of Topliss-reactive ketones (excluding diaryl/α,β-unsaturated/α-hetero) is 1. The number of halogens is 2. The Bertz CT molecular complexity index is 1800. The summed E-state index contributed by atoms with van der Waals surface area (Å²) in [5.74, 6) is -2.08. The van der Waals surface area contributed by atoms with Gasteiger partial charge in [0.25, 0.3) is 0 Å². The summed E-state index contributed by atoms with van der Waals surface area (Å²) in [7, 11) is 2.12. The molecular formula is C34H32ClFN6O4. The second-order valence-electron chi connectivity index (χ2n) is 11.7. The van der Waals surface area contributed by atoms with Crippen LogP contribution < -0.4 is 0 Å². The third-order valence-electron chi connectivity index (χ3n) is 8.88. The third kappa shape index (κ3) is 6.33. The molecular weight excluding hydrogens is 611 g/mol. The molecule has 6 rings (SSSR count). The largest absolute Gasteiger partial charge is 0.478 e. The van der Waals surface area contributed by atoms with Gasteiger partial charge in [0.1, 0.15) is 12.4 Å². The predicted octanol–water partition coefficient (Wildman–Crippen LogP) is 4.91. The van der Waals surface area contributed by atoms with Crippen molar-refractivity contribution < 1.29 is 23.9 Å². The Kier molecular flexibility index (Phi) is 9.05. The molecule has 2 aliphatic rings. The molecule has 1 saturated heterocycles. The molecule has 0 spiro atoms. The lowest BCUT2D eigenvalue weighted by Gasteiger charge is -2.38. The number of likely N-dealkylation sites (tertiary alicyclic amines) is 1. The first-order valence-electron chi connectivity index (χ1n) is 15.1. The van der Waals surface area contributed by atoms with Crippen LogP contribution in [-0.4, -0.2) is 79.5 Å². The zero-order valence-electron chi connectivity index (χ0n) is 25.1. The molecule has 0 bridgehead atoms. The van der Waals surface area contributed by atoms with E-state index in [2.05, 4.69) is 33.5 Å². The number of ketones is 1. The molecule has 236 valence electrons. The van der Waals surface area contributed by atoms with Crippen molar-refractivity contribution in [3.05, 3.63) is 111 Å². The average molecular weight is 643 g/mol. The lowest BCUT2D eigenvalue weighted by Crippen LogP contribution is -2.44. The molecule has 4 aromatic rings. The minimum atomic E-state index is -1.05. The van der Waals surface area contributed by atoms with Gasteiger partial charge >= 0.3 is 5.97 Å². The summed E-state index contributed by atoms with van der Waals surface area (Å²) in [6.45, 7) is 2.28. The first-order valence-corrected chi connectivity index (χ1v) is 15.4. The van der Waals surface area contributed by atoms with Gasteiger partial charge in [0, 0.05) is 24.6 Å². The summed E-state index contributed by atoms with van der Waals surface area (Å²) in [5, 5.41) is 20.2. The van der Waals surface area contributed by atoms with Crippen molar-refractivity contribution in [2.24, 2.45) is 0 Å². The number of hydrogen-bond acceptors (Lipinski definition) is 7. The number of tetrazole rings is 1. The van der Waals surface area contributed by atoms with Crippen LogP contribution in [0, 0.1) is 5.82 Å². The maximum atomic E-state index is 15.2. The number of carboxylic acid groups (broad SMARTS) is 1. The van der Waals surface area contributed by atoms with Crippen LogP contribution in [0.2, 0.25) is 5.02 Å². The quantitative estimate of drug-likeness (QED) is 0.269. The predicted molar refractivity (Wildman–Crippen MR) is 169 cm³/mol. The van der Waals surface area contributed by atoms with E-state index in [1.807, 2.05) is 12.1 Å². The van der Waals surface area contributed by atoms with Crippen LogP contribution in [0.15, 0.2) is 67.0 Å². The molecule has 0 radical (unpaired) electrons. The van der Waals surface area contributed by atoms with E-state index in [4.69, 9.17) is 11.6 Å². The van der Waals surface area contributed by atoms with Crippen molar-refractivity contribution in [2.75, 3.05) is 26.7 Å². The second-order valence-corrected chi connectivity index (χ2v) is 12.1. The highest BCUT2D eigenvalue weighted by Gasteiger charge is 2.37. The van der Waals surface area contributed by atoms with E-state index < -0.39 is 23.7 Å². The van der Waals surface area contributed by atoms with Crippen molar-refractivity contribution in [1.29, 1.82) is 0 Å². The number of carbonyl (C=O) groups is 3. The maximum absolute atomic E-state index is 15.2. The van der Waals surface area contributed by atoms with Crippen LogP contribution in [0.5, 0.6) is 0 Å². The van der Waals surface area contributed by atoms with Gasteiger partial charge in [-0.3, -0.25) is 9.59 Å². The highest BCUT2D eigenvalue weighted by molar-refractivity contribution is 6.31. The Hall–Kier alpha value is -4.74. The number of aromatic carboxylic acids is 1. The zero-order valence-corrected chi connectivity index (χ0v) is 25.9. The molecule has 0 saturated carbocycles. The number of rotatable bonds is 8. The van der Waals surface area contributed by atoms with E-state index in [-0.39, 0.29) is 28.4 Å². The minimum Gasteiger partial charge on any atom is -0.478 e. The fraction of sp³-hybridized carbons (Fsp3) is 0.294. The van der Waals surface area contributed by atoms with Gasteiger partial charge < -0.3 is 14.9 Å². The van der Waals surface area contributed by atoms with Crippen LogP contribution in [-0.2, 0) is 22.4 Å². The van der Waals surface area contributed by atoms with Crippen molar-refractivity contribution in [3.8, 4) is 5.69 Å². The fourth-order valence-corrected chi connectivity index (χ4v) is 6.65. The lowest BCUT2D eigenvalue weighted by molar-refractivity contribution is -0.136. The number of hydrogen-bond donors (Lipinski definition) is 1. The van der Waals surface area contributed by atoms with Gasteiger partial charge in [0.15, 0.2) is 11.6 Å². The van der Waals surface area contributed by atoms with Crippen molar-refractivity contribution in [3.63, 3.8) is 0 Å². The summed E-state index contributed by atoms with van der Waals surface area (Å²) in [5.41, 5.74) is 4.20. The van der Waals surface area contributed by atoms with E-state index in [1.54, 1.807) is 18.2 Å². The molecule has 1 aromatic heterocycles. The van der Waals surface area contributed by atoms with E-state index >= 15 is 4.39 Å². The zero-order chi connectivity index (χ0) is 32.4. The summed E-state index contributed by atoms with van der Waals surface area (Å²) in [4.78, 5) is 43.2. The number of carbonyl (C=O) groups excluding carboxylic acids is 2. The Morgan fingerprint density at radius 2 is 1.76 bits per heavy atom. The van der Waals surface area contributed by atoms with Gasteiger partial charge in [0.05, 0.1) is 16.3 Å². The third-order valence-corrected chi connectivity index (χ3v) is 9.17. The van der Waals surface area contributed by atoms with E-state index in [0.29, 0.717) is 30.1 Å². The summed E-state index contributed by atoms with van der Waals surface area (Å²) in [6, 6.07) is 14.2. The van der Waals surface area contributed by atoms with Gasteiger partial charge in [-0.05, 0) is 108 Å². The van der Waals surface area contributed by atoms with Gasteiger partial charge in [-0.1, -0.05) is 41.9 Å². The van der Waals surface area contributed by atoms with Crippen molar-refractivity contribution >= 4 is 35.3 Å².